The number of para-hydroxylation sites is 2. The zero-order valence-electron chi connectivity index (χ0n) is 18.6. The first-order valence-corrected chi connectivity index (χ1v) is 12.2. The van der Waals surface area contributed by atoms with Gasteiger partial charge in [0.15, 0.2) is 0 Å². The molecule has 0 amide bonds. The number of hydrogen-bond acceptors (Lipinski definition) is 5. The van der Waals surface area contributed by atoms with Gasteiger partial charge in [0.2, 0.25) is 0 Å². The van der Waals surface area contributed by atoms with Crippen LogP contribution >= 0.6 is 0 Å². The van der Waals surface area contributed by atoms with Gasteiger partial charge >= 0.3 is 0 Å². The van der Waals surface area contributed by atoms with Crippen LogP contribution in [0.3, 0.4) is 0 Å². The van der Waals surface area contributed by atoms with Crippen LogP contribution in [-0.4, -0.2) is 56.5 Å². The van der Waals surface area contributed by atoms with Gasteiger partial charge in [-0.2, -0.15) is 0 Å². The lowest BCUT2D eigenvalue weighted by Crippen LogP contribution is -2.43. The van der Waals surface area contributed by atoms with Crippen LogP contribution in [0.5, 0.6) is 0 Å². The summed E-state index contributed by atoms with van der Waals surface area (Å²) in [5, 5.41) is 18.9. The maximum Gasteiger partial charge on any atom is 0.272 e. The van der Waals surface area contributed by atoms with Crippen molar-refractivity contribution in [2.75, 3.05) is 19.7 Å². The van der Waals surface area contributed by atoms with E-state index in [0.29, 0.717) is 24.6 Å². The average molecular weight is 428 g/mol. The first kappa shape index (κ1) is 22.4. The van der Waals surface area contributed by atoms with Crippen molar-refractivity contribution in [1.29, 1.82) is 0 Å². The Morgan fingerprint density at radius 1 is 0.968 bits per heavy atom. The molecule has 2 fully saturated rings. The Bertz CT molecular complexity index is 897. The third kappa shape index (κ3) is 5.36. The number of aryl methyl sites for hydroxylation is 1. The van der Waals surface area contributed by atoms with Crippen LogP contribution in [0.2, 0.25) is 0 Å². The van der Waals surface area contributed by atoms with E-state index in [1.807, 2.05) is 28.8 Å². The topological polar surface area (TPSA) is 78.6 Å². The number of hydrogen-bond donors (Lipinski definition) is 2. The molecule has 1 aromatic heterocycles. The smallest absolute Gasteiger partial charge is 0.272 e. The molecule has 4 rings (SSSR count). The molecule has 1 aliphatic heterocycles. The molecule has 1 saturated carbocycles. The molecule has 0 bridgehead atoms. The number of likely N-dealkylation sites (tertiary alicyclic amines) is 1. The van der Waals surface area contributed by atoms with Crippen LogP contribution in [0.15, 0.2) is 29.1 Å². The van der Waals surface area contributed by atoms with Crippen molar-refractivity contribution in [3.05, 3.63) is 40.3 Å². The minimum absolute atomic E-state index is 0.0340. The van der Waals surface area contributed by atoms with E-state index in [0.717, 1.165) is 37.0 Å². The minimum atomic E-state index is -0.812. The molecule has 31 heavy (non-hydrogen) atoms. The Labute approximate surface area is 184 Å². The predicted octanol–water partition coefficient (Wildman–Crippen LogP) is 3.43. The SMILES string of the molecule is O=c1c(CCC(O)CO)nc2ccccc2n1C1CCN(C2CCCCCCC2)CC1. The zero-order chi connectivity index (χ0) is 21.6. The van der Waals surface area contributed by atoms with Crippen LogP contribution in [0, 0.1) is 0 Å². The Hall–Kier alpha value is -1.76. The van der Waals surface area contributed by atoms with Crippen LogP contribution in [-0.2, 0) is 6.42 Å². The Morgan fingerprint density at radius 2 is 1.65 bits per heavy atom. The second-order valence-electron chi connectivity index (χ2n) is 9.36. The Kier molecular flexibility index (Phi) is 7.75. The highest BCUT2D eigenvalue weighted by Crippen LogP contribution is 2.29. The lowest BCUT2D eigenvalue weighted by molar-refractivity contribution is 0.0882. The summed E-state index contributed by atoms with van der Waals surface area (Å²) in [5.41, 5.74) is 2.20. The normalized spacial score (nSPS) is 21.1. The highest BCUT2D eigenvalue weighted by Gasteiger charge is 2.28. The van der Waals surface area contributed by atoms with Gasteiger partial charge in [-0.25, -0.2) is 4.98 Å². The molecule has 0 spiro atoms. The number of benzene rings is 1. The van der Waals surface area contributed by atoms with E-state index < -0.39 is 6.10 Å². The highest BCUT2D eigenvalue weighted by molar-refractivity contribution is 5.74. The van der Waals surface area contributed by atoms with Crippen molar-refractivity contribution >= 4 is 11.0 Å². The van der Waals surface area contributed by atoms with E-state index in [1.165, 1.54) is 44.9 Å². The summed E-state index contributed by atoms with van der Waals surface area (Å²) in [7, 11) is 0. The van der Waals surface area contributed by atoms with Crippen LogP contribution in [0.25, 0.3) is 11.0 Å². The first-order valence-electron chi connectivity index (χ1n) is 12.2. The maximum atomic E-state index is 13.4. The fraction of sp³-hybridized carbons (Fsp3) is 0.680. The molecular weight excluding hydrogens is 390 g/mol. The lowest BCUT2D eigenvalue weighted by Gasteiger charge is -2.39. The molecule has 1 saturated heterocycles. The molecule has 2 heterocycles. The molecular formula is C25H37N3O3. The molecule has 6 heteroatoms. The molecule has 6 nitrogen and oxygen atoms in total. The van der Waals surface area contributed by atoms with Crippen LogP contribution < -0.4 is 5.56 Å². The summed E-state index contributed by atoms with van der Waals surface area (Å²) < 4.78 is 1.97. The van der Waals surface area contributed by atoms with Gasteiger partial charge in [-0.05, 0) is 50.7 Å². The van der Waals surface area contributed by atoms with Gasteiger partial charge in [0.05, 0.1) is 23.7 Å². The molecule has 2 aliphatic rings. The average Bonchev–Trinajstić information content (AvgIpc) is 2.77. The van der Waals surface area contributed by atoms with E-state index >= 15 is 0 Å². The van der Waals surface area contributed by atoms with Gasteiger partial charge in [0.25, 0.3) is 5.56 Å². The fourth-order valence-corrected chi connectivity index (χ4v) is 5.43. The third-order valence-electron chi connectivity index (χ3n) is 7.24. The molecule has 170 valence electrons. The summed E-state index contributed by atoms with van der Waals surface area (Å²) >= 11 is 0. The van der Waals surface area contributed by atoms with Crippen molar-refractivity contribution in [3.8, 4) is 0 Å². The number of aliphatic hydroxyl groups excluding tert-OH is 2. The van der Waals surface area contributed by atoms with E-state index in [2.05, 4.69) is 9.88 Å². The number of nitrogens with zero attached hydrogens (tertiary/aromatic N) is 3. The van der Waals surface area contributed by atoms with Crippen molar-refractivity contribution in [2.24, 2.45) is 0 Å². The lowest BCUT2D eigenvalue weighted by atomic mass is 9.93. The number of fused-ring (bicyclic) bond motifs is 1. The Balaban J connectivity index is 1.53. The monoisotopic (exact) mass is 427 g/mol. The zero-order valence-corrected chi connectivity index (χ0v) is 18.6. The largest absolute Gasteiger partial charge is 0.394 e. The van der Waals surface area contributed by atoms with E-state index in [1.54, 1.807) is 0 Å². The summed E-state index contributed by atoms with van der Waals surface area (Å²) in [6.07, 6.45) is 11.4. The van der Waals surface area contributed by atoms with Gasteiger partial charge in [0.1, 0.15) is 5.69 Å². The minimum Gasteiger partial charge on any atom is -0.394 e. The second-order valence-corrected chi connectivity index (χ2v) is 9.36. The van der Waals surface area contributed by atoms with Crippen molar-refractivity contribution in [1.82, 2.24) is 14.5 Å². The van der Waals surface area contributed by atoms with Crippen LogP contribution in [0.4, 0.5) is 0 Å². The summed E-state index contributed by atoms with van der Waals surface area (Å²) in [6, 6.07) is 8.78. The summed E-state index contributed by atoms with van der Waals surface area (Å²) in [6.45, 7) is 1.81. The van der Waals surface area contributed by atoms with E-state index in [9.17, 15) is 9.90 Å². The molecule has 2 N–H and O–H groups in total. The second kappa shape index (κ2) is 10.7. The third-order valence-corrected chi connectivity index (χ3v) is 7.24. The number of piperidine rings is 1. The molecule has 1 aromatic carbocycles. The van der Waals surface area contributed by atoms with E-state index in [-0.39, 0.29) is 18.2 Å². The van der Waals surface area contributed by atoms with Gasteiger partial charge in [0, 0.05) is 25.2 Å². The van der Waals surface area contributed by atoms with Gasteiger partial charge in [-0.15, -0.1) is 0 Å². The van der Waals surface area contributed by atoms with E-state index in [4.69, 9.17) is 5.11 Å². The first-order chi connectivity index (χ1) is 15.2. The van der Waals surface area contributed by atoms with Crippen molar-refractivity contribution in [2.45, 2.75) is 88.8 Å². The van der Waals surface area contributed by atoms with Crippen molar-refractivity contribution in [3.63, 3.8) is 0 Å². The predicted molar refractivity (Wildman–Crippen MR) is 123 cm³/mol. The molecule has 1 atom stereocenters. The van der Waals surface area contributed by atoms with Gasteiger partial charge in [-0.3, -0.25) is 4.79 Å². The molecule has 1 aliphatic carbocycles. The quantitative estimate of drug-likeness (QED) is 0.738. The molecule has 0 radical (unpaired) electrons. The van der Waals surface area contributed by atoms with Gasteiger partial charge < -0.3 is 19.7 Å². The summed E-state index contributed by atoms with van der Waals surface area (Å²) in [4.78, 5) is 20.7. The standard InChI is InChI=1S/C25H37N3O3/c29-18-21(30)12-13-23-25(31)28(24-11-7-6-10-22(24)26-23)20-14-16-27(17-15-20)19-8-4-2-1-3-5-9-19/h6-7,10-11,19-21,29-30H,1-5,8-9,12-18H2. The maximum absolute atomic E-state index is 13.4. The fourth-order valence-electron chi connectivity index (χ4n) is 5.43. The number of rotatable bonds is 6. The van der Waals surface area contributed by atoms with Crippen LogP contribution in [0.1, 0.15) is 75.9 Å². The summed E-state index contributed by atoms with van der Waals surface area (Å²) in [5.74, 6) is 0. The Morgan fingerprint density at radius 3 is 2.35 bits per heavy atom. The van der Waals surface area contributed by atoms with Crippen molar-refractivity contribution < 1.29 is 10.2 Å². The molecule has 2 aromatic rings. The van der Waals surface area contributed by atoms with Gasteiger partial charge in [-0.1, -0.05) is 44.2 Å². The highest BCUT2D eigenvalue weighted by atomic mass is 16.3. The number of aromatic nitrogens is 2. The molecule has 1 unspecified atom stereocenters. The number of aliphatic hydroxyl groups is 2.